The lowest BCUT2D eigenvalue weighted by molar-refractivity contribution is -0.125. The average molecular weight is 423 g/mol. The van der Waals surface area contributed by atoms with Crippen LogP contribution in [0.5, 0.6) is 5.75 Å². The minimum absolute atomic E-state index is 0.312. The molecular formula is C23H22N2O4S. The van der Waals surface area contributed by atoms with E-state index in [1.165, 1.54) is 18.9 Å². The number of thioether (sulfide) groups is 1. The molecule has 30 heavy (non-hydrogen) atoms. The Morgan fingerprint density at radius 2 is 1.83 bits per heavy atom. The number of amides is 1. The van der Waals surface area contributed by atoms with Crippen molar-refractivity contribution in [2.24, 2.45) is 0 Å². The third kappa shape index (κ3) is 4.99. The summed E-state index contributed by atoms with van der Waals surface area (Å²) in [5.74, 6) is -0.579. The highest BCUT2D eigenvalue weighted by molar-refractivity contribution is 7.98. The van der Waals surface area contributed by atoms with Crippen molar-refractivity contribution in [3.05, 3.63) is 83.6 Å². The number of aryl methyl sites for hydroxylation is 1. The second-order valence-electron chi connectivity index (χ2n) is 6.45. The summed E-state index contributed by atoms with van der Waals surface area (Å²) in [7, 11) is 1.53. The van der Waals surface area contributed by atoms with Crippen LogP contribution < -0.4 is 10.1 Å². The van der Waals surface area contributed by atoms with Crippen molar-refractivity contribution in [3.63, 3.8) is 0 Å². The van der Waals surface area contributed by atoms with Gasteiger partial charge in [-0.25, -0.2) is 9.78 Å². The minimum atomic E-state index is -1.14. The standard InChI is InChI=1S/C23H22N2O4S/c1-15-11-12-19(28-2)18(14-15)25-21(26)20(16-8-5-4-6-9-16)29-23(27)17-10-7-13-24-22(17)30-3/h4-14,20H,1-3H3,(H,25,26). The zero-order valence-corrected chi connectivity index (χ0v) is 17.7. The summed E-state index contributed by atoms with van der Waals surface area (Å²) >= 11 is 1.34. The lowest BCUT2D eigenvalue weighted by Gasteiger charge is -2.19. The molecule has 2 aromatic carbocycles. The number of esters is 1. The monoisotopic (exact) mass is 422 g/mol. The summed E-state index contributed by atoms with van der Waals surface area (Å²) in [6.07, 6.45) is 2.29. The van der Waals surface area contributed by atoms with Crippen molar-refractivity contribution in [2.75, 3.05) is 18.7 Å². The molecule has 0 spiro atoms. The number of pyridine rings is 1. The molecule has 154 valence electrons. The van der Waals surface area contributed by atoms with Crippen molar-refractivity contribution < 1.29 is 19.1 Å². The number of anilines is 1. The largest absolute Gasteiger partial charge is 0.495 e. The SMILES string of the molecule is COc1ccc(C)cc1NC(=O)C(OC(=O)c1cccnc1SC)c1ccccc1. The Bertz CT molecular complexity index is 1040. The van der Waals surface area contributed by atoms with Crippen LogP contribution in [0.2, 0.25) is 0 Å². The molecule has 1 unspecified atom stereocenters. The quantitative estimate of drug-likeness (QED) is 0.441. The van der Waals surface area contributed by atoms with Crippen molar-refractivity contribution in [2.45, 2.75) is 18.1 Å². The number of rotatable bonds is 7. The molecule has 0 bridgehead atoms. The molecule has 1 amide bonds. The van der Waals surface area contributed by atoms with Crippen molar-refractivity contribution in [1.82, 2.24) is 4.98 Å². The first kappa shape index (κ1) is 21.4. The maximum atomic E-state index is 13.1. The predicted octanol–water partition coefficient (Wildman–Crippen LogP) is 4.66. The van der Waals surface area contributed by atoms with Crippen LogP contribution in [0.3, 0.4) is 0 Å². The van der Waals surface area contributed by atoms with E-state index in [1.54, 1.807) is 54.7 Å². The summed E-state index contributed by atoms with van der Waals surface area (Å²) in [4.78, 5) is 30.2. The molecule has 0 aliphatic heterocycles. The van der Waals surface area contributed by atoms with Gasteiger partial charge in [-0.2, -0.15) is 0 Å². The van der Waals surface area contributed by atoms with Gasteiger partial charge in [-0.3, -0.25) is 4.79 Å². The van der Waals surface area contributed by atoms with E-state index in [0.29, 0.717) is 27.6 Å². The smallest absolute Gasteiger partial charge is 0.342 e. The molecule has 1 heterocycles. The van der Waals surface area contributed by atoms with E-state index in [-0.39, 0.29) is 0 Å². The lowest BCUT2D eigenvalue weighted by Crippen LogP contribution is -2.26. The van der Waals surface area contributed by atoms with Crippen molar-refractivity contribution in [1.29, 1.82) is 0 Å². The van der Waals surface area contributed by atoms with E-state index >= 15 is 0 Å². The van der Waals surface area contributed by atoms with E-state index < -0.39 is 18.0 Å². The molecule has 0 aliphatic rings. The van der Waals surface area contributed by atoms with E-state index in [0.717, 1.165) is 5.56 Å². The number of nitrogens with one attached hydrogen (secondary N) is 1. The highest BCUT2D eigenvalue weighted by atomic mass is 32.2. The van der Waals surface area contributed by atoms with E-state index in [1.807, 2.05) is 25.3 Å². The molecule has 3 aromatic rings. The van der Waals surface area contributed by atoms with Crippen LogP contribution in [0.4, 0.5) is 5.69 Å². The number of hydrogen-bond donors (Lipinski definition) is 1. The summed E-state index contributed by atoms with van der Waals surface area (Å²) < 4.78 is 11.0. The molecule has 1 atom stereocenters. The third-order valence-electron chi connectivity index (χ3n) is 4.36. The zero-order valence-electron chi connectivity index (χ0n) is 16.9. The Kier molecular flexibility index (Phi) is 7.08. The van der Waals surface area contributed by atoms with Crippen LogP contribution in [0.25, 0.3) is 0 Å². The second-order valence-corrected chi connectivity index (χ2v) is 7.24. The second kappa shape index (κ2) is 9.93. The number of nitrogens with zero attached hydrogens (tertiary/aromatic N) is 1. The van der Waals surface area contributed by atoms with Crippen LogP contribution in [-0.2, 0) is 9.53 Å². The van der Waals surface area contributed by atoms with Crippen LogP contribution in [0.1, 0.15) is 27.6 Å². The molecule has 0 saturated carbocycles. The first-order valence-corrected chi connectivity index (χ1v) is 10.5. The molecule has 6 nitrogen and oxygen atoms in total. The molecule has 0 saturated heterocycles. The normalized spacial score (nSPS) is 11.4. The van der Waals surface area contributed by atoms with Gasteiger partial charge in [0.1, 0.15) is 10.8 Å². The van der Waals surface area contributed by atoms with Gasteiger partial charge in [0.05, 0.1) is 18.4 Å². The zero-order chi connectivity index (χ0) is 21.5. The van der Waals surface area contributed by atoms with Gasteiger partial charge in [0.25, 0.3) is 5.91 Å². The molecule has 0 radical (unpaired) electrons. The van der Waals surface area contributed by atoms with Gasteiger partial charge in [0, 0.05) is 11.8 Å². The maximum Gasteiger partial charge on any atom is 0.342 e. The molecule has 0 fully saturated rings. The fourth-order valence-corrected chi connectivity index (χ4v) is 3.44. The van der Waals surface area contributed by atoms with Gasteiger partial charge >= 0.3 is 5.97 Å². The van der Waals surface area contributed by atoms with Gasteiger partial charge in [-0.05, 0) is 43.0 Å². The Morgan fingerprint density at radius 3 is 2.53 bits per heavy atom. The van der Waals surface area contributed by atoms with E-state index in [9.17, 15) is 9.59 Å². The summed E-state index contributed by atoms with van der Waals surface area (Å²) in [6, 6.07) is 17.6. The van der Waals surface area contributed by atoms with Crippen LogP contribution in [0, 0.1) is 6.92 Å². The highest BCUT2D eigenvalue weighted by Crippen LogP contribution is 2.28. The maximum absolute atomic E-state index is 13.1. The number of aromatic nitrogens is 1. The van der Waals surface area contributed by atoms with Gasteiger partial charge in [0.15, 0.2) is 0 Å². The minimum Gasteiger partial charge on any atom is -0.495 e. The predicted molar refractivity (Wildman–Crippen MR) is 117 cm³/mol. The first-order chi connectivity index (χ1) is 14.5. The number of carbonyl (C=O) groups is 2. The molecule has 7 heteroatoms. The molecule has 1 aromatic heterocycles. The van der Waals surface area contributed by atoms with E-state index in [2.05, 4.69) is 10.3 Å². The Balaban J connectivity index is 1.91. The van der Waals surface area contributed by atoms with E-state index in [4.69, 9.17) is 9.47 Å². The average Bonchev–Trinajstić information content (AvgIpc) is 2.78. The topological polar surface area (TPSA) is 77.5 Å². The summed E-state index contributed by atoms with van der Waals surface area (Å²) in [6.45, 7) is 1.91. The first-order valence-electron chi connectivity index (χ1n) is 9.24. The number of benzene rings is 2. The molecule has 0 aliphatic carbocycles. The summed E-state index contributed by atoms with van der Waals surface area (Å²) in [5, 5.41) is 3.36. The van der Waals surface area contributed by atoms with Crippen molar-refractivity contribution in [3.8, 4) is 5.75 Å². The van der Waals surface area contributed by atoms with Gasteiger partial charge in [-0.15, -0.1) is 11.8 Å². The van der Waals surface area contributed by atoms with Crippen LogP contribution in [-0.4, -0.2) is 30.2 Å². The Morgan fingerprint density at radius 1 is 1.07 bits per heavy atom. The lowest BCUT2D eigenvalue weighted by atomic mass is 10.1. The number of carbonyl (C=O) groups excluding carboxylic acids is 2. The third-order valence-corrected chi connectivity index (χ3v) is 5.07. The molecular weight excluding hydrogens is 400 g/mol. The van der Waals surface area contributed by atoms with Gasteiger partial charge in [0.2, 0.25) is 6.10 Å². The van der Waals surface area contributed by atoms with Crippen molar-refractivity contribution >= 4 is 29.3 Å². The number of hydrogen-bond acceptors (Lipinski definition) is 6. The summed E-state index contributed by atoms with van der Waals surface area (Å²) in [5.41, 5.74) is 2.33. The molecule has 1 N–H and O–H groups in total. The fraction of sp³-hybridized carbons (Fsp3) is 0.174. The van der Waals surface area contributed by atoms with Crippen LogP contribution in [0.15, 0.2) is 71.9 Å². The Labute approximate surface area is 179 Å². The van der Waals surface area contributed by atoms with Gasteiger partial charge < -0.3 is 14.8 Å². The fourth-order valence-electron chi connectivity index (χ4n) is 2.90. The molecule has 3 rings (SSSR count). The highest BCUT2D eigenvalue weighted by Gasteiger charge is 2.27. The van der Waals surface area contributed by atoms with Gasteiger partial charge in [-0.1, -0.05) is 36.4 Å². The number of ether oxygens (including phenoxy) is 2. The number of methoxy groups -OCH3 is 1. The Hall–Kier alpha value is -3.32. The van der Waals surface area contributed by atoms with Crippen LogP contribution >= 0.6 is 11.8 Å².